The second-order valence-electron chi connectivity index (χ2n) is 4.89. The van der Waals surface area contributed by atoms with E-state index in [-0.39, 0.29) is 5.91 Å². The van der Waals surface area contributed by atoms with Gasteiger partial charge in [0.2, 0.25) is 5.91 Å². The molecule has 0 aromatic rings. The van der Waals surface area contributed by atoms with Gasteiger partial charge in [-0.15, -0.1) is 0 Å². The number of hydrogen-bond acceptors (Lipinski definition) is 3. The standard InChI is InChI=1S/C12H22N2OS/c1-2-3-9-6-11(9)14-12(15)7-10-8-16-5-4-13-10/h9-11,13H,2-8H2,1H3,(H,14,15). The fraction of sp³-hybridized carbons (Fsp3) is 0.917. The number of carbonyl (C=O) groups is 1. The Morgan fingerprint density at radius 1 is 1.56 bits per heavy atom. The van der Waals surface area contributed by atoms with E-state index in [1.165, 1.54) is 25.0 Å². The van der Waals surface area contributed by atoms with Crippen molar-refractivity contribution in [2.24, 2.45) is 5.92 Å². The number of nitrogens with one attached hydrogen (secondary N) is 2. The highest BCUT2D eigenvalue weighted by atomic mass is 32.2. The van der Waals surface area contributed by atoms with Gasteiger partial charge in [0.25, 0.3) is 0 Å². The van der Waals surface area contributed by atoms with Crippen LogP contribution < -0.4 is 10.6 Å². The van der Waals surface area contributed by atoms with Crippen molar-refractivity contribution in [3.63, 3.8) is 0 Å². The second kappa shape index (κ2) is 5.92. The SMILES string of the molecule is CCCC1CC1NC(=O)CC1CSCCN1. The Labute approximate surface area is 102 Å². The minimum Gasteiger partial charge on any atom is -0.353 e. The van der Waals surface area contributed by atoms with Gasteiger partial charge in [0.05, 0.1) is 0 Å². The summed E-state index contributed by atoms with van der Waals surface area (Å²) < 4.78 is 0. The van der Waals surface area contributed by atoms with Crippen LogP contribution in [0.2, 0.25) is 0 Å². The van der Waals surface area contributed by atoms with Crippen LogP contribution in [-0.4, -0.2) is 36.0 Å². The van der Waals surface area contributed by atoms with Gasteiger partial charge >= 0.3 is 0 Å². The van der Waals surface area contributed by atoms with Crippen molar-refractivity contribution in [3.8, 4) is 0 Å². The minimum atomic E-state index is 0.239. The van der Waals surface area contributed by atoms with Gasteiger partial charge in [-0.05, 0) is 18.8 Å². The zero-order valence-corrected chi connectivity index (χ0v) is 10.8. The van der Waals surface area contributed by atoms with Crippen LogP contribution in [0.5, 0.6) is 0 Å². The molecule has 2 N–H and O–H groups in total. The fourth-order valence-electron chi connectivity index (χ4n) is 2.35. The van der Waals surface area contributed by atoms with Gasteiger partial charge in [-0.2, -0.15) is 11.8 Å². The Morgan fingerprint density at radius 2 is 2.44 bits per heavy atom. The molecule has 0 spiro atoms. The van der Waals surface area contributed by atoms with Crippen molar-refractivity contribution >= 4 is 17.7 Å². The van der Waals surface area contributed by atoms with E-state index in [4.69, 9.17) is 0 Å². The molecule has 92 valence electrons. The fourth-order valence-corrected chi connectivity index (χ4v) is 3.30. The zero-order valence-electron chi connectivity index (χ0n) is 10.00. The molecule has 1 amide bonds. The van der Waals surface area contributed by atoms with E-state index in [9.17, 15) is 4.79 Å². The smallest absolute Gasteiger partial charge is 0.221 e. The first-order valence-electron chi connectivity index (χ1n) is 6.40. The first-order valence-corrected chi connectivity index (χ1v) is 7.55. The van der Waals surface area contributed by atoms with Crippen LogP contribution in [-0.2, 0) is 4.79 Å². The molecule has 3 nitrogen and oxygen atoms in total. The van der Waals surface area contributed by atoms with Gasteiger partial charge in [0.1, 0.15) is 0 Å². The molecule has 2 fully saturated rings. The topological polar surface area (TPSA) is 41.1 Å². The molecule has 2 aliphatic rings. The second-order valence-corrected chi connectivity index (χ2v) is 6.04. The lowest BCUT2D eigenvalue weighted by molar-refractivity contribution is -0.121. The van der Waals surface area contributed by atoms with Gasteiger partial charge < -0.3 is 10.6 Å². The molecule has 1 saturated heterocycles. The van der Waals surface area contributed by atoms with E-state index in [1.807, 2.05) is 11.8 Å². The lowest BCUT2D eigenvalue weighted by atomic mass is 10.2. The summed E-state index contributed by atoms with van der Waals surface area (Å²) in [4.78, 5) is 11.8. The summed E-state index contributed by atoms with van der Waals surface area (Å²) in [5.74, 6) is 3.27. The molecule has 0 bridgehead atoms. The summed E-state index contributed by atoms with van der Waals surface area (Å²) in [6.45, 7) is 3.25. The van der Waals surface area contributed by atoms with Gasteiger partial charge in [-0.1, -0.05) is 13.3 Å². The summed E-state index contributed by atoms with van der Waals surface area (Å²) in [6.07, 6.45) is 4.36. The Morgan fingerprint density at radius 3 is 3.12 bits per heavy atom. The van der Waals surface area contributed by atoms with Gasteiger partial charge in [-0.25, -0.2) is 0 Å². The average Bonchev–Trinajstić information content (AvgIpc) is 2.98. The number of thioether (sulfide) groups is 1. The molecule has 0 radical (unpaired) electrons. The summed E-state index contributed by atoms with van der Waals surface area (Å²) in [5.41, 5.74) is 0. The predicted molar refractivity (Wildman–Crippen MR) is 68.7 cm³/mol. The highest BCUT2D eigenvalue weighted by Gasteiger charge is 2.37. The number of rotatable bonds is 5. The molecular formula is C12H22N2OS. The minimum absolute atomic E-state index is 0.239. The predicted octanol–water partition coefficient (Wildman–Crippen LogP) is 1.39. The van der Waals surface area contributed by atoms with Crippen LogP contribution >= 0.6 is 11.8 Å². The number of hydrogen-bond donors (Lipinski definition) is 2. The molecule has 3 atom stereocenters. The third-order valence-electron chi connectivity index (χ3n) is 3.36. The molecule has 1 aliphatic heterocycles. The largest absolute Gasteiger partial charge is 0.353 e. The Bertz CT molecular complexity index is 241. The van der Waals surface area contributed by atoms with Crippen molar-refractivity contribution in [1.29, 1.82) is 0 Å². The van der Waals surface area contributed by atoms with E-state index < -0.39 is 0 Å². The van der Waals surface area contributed by atoms with Gasteiger partial charge in [0, 0.05) is 36.6 Å². The molecule has 4 heteroatoms. The molecule has 1 saturated carbocycles. The van der Waals surface area contributed by atoms with E-state index in [2.05, 4.69) is 17.6 Å². The lowest BCUT2D eigenvalue weighted by Crippen LogP contribution is -2.41. The van der Waals surface area contributed by atoms with E-state index in [0.717, 1.165) is 18.2 Å². The normalized spacial score (nSPS) is 33.4. The maximum Gasteiger partial charge on any atom is 0.221 e. The highest BCUT2D eigenvalue weighted by Crippen LogP contribution is 2.34. The van der Waals surface area contributed by atoms with Crippen LogP contribution in [0.25, 0.3) is 0 Å². The Balaban J connectivity index is 1.61. The molecule has 3 unspecified atom stereocenters. The third-order valence-corrected chi connectivity index (χ3v) is 4.49. The van der Waals surface area contributed by atoms with Gasteiger partial charge in [0.15, 0.2) is 0 Å². The first-order chi connectivity index (χ1) is 7.79. The zero-order chi connectivity index (χ0) is 11.4. The van der Waals surface area contributed by atoms with Crippen molar-refractivity contribution in [3.05, 3.63) is 0 Å². The van der Waals surface area contributed by atoms with Crippen LogP contribution in [0, 0.1) is 5.92 Å². The van der Waals surface area contributed by atoms with Crippen LogP contribution in [0.1, 0.15) is 32.6 Å². The molecule has 0 aromatic heterocycles. The van der Waals surface area contributed by atoms with E-state index in [1.54, 1.807) is 0 Å². The van der Waals surface area contributed by atoms with Crippen molar-refractivity contribution in [1.82, 2.24) is 10.6 Å². The van der Waals surface area contributed by atoms with E-state index >= 15 is 0 Å². The summed E-state index contributed by atoms with van der Waals surface area (Å²) in [7, 11) is 0. The van der Waals surface area contributed by atoms with Crippen molar-refractivity contribution in [2.75, 3.05) is 18.1 Å². The van der Waals surface area contributed by atoms with Crippen molar-refractivity contribution < 1.29 is 4.79 Å². The summed E-state index contributed by atoms with van der Waals surface area (Å²) in [6, 6.07) is 0.880. The summed E-state index contributed by atoms with van der Waals surface area (Å²) >= 11 is 1.95. The molecule has 1 aliphatic carbocycles. The number of amides is 1. The molecule has 16 heavy (non-hydrogen) atoms. The first kappa shape index (κ1) is 12.2. The van der Waals surface area contributed by atoms with Crippen molar-refractivity contribution in [2.45, 2.75) is 44.7 Å². The molecular weight excluding hydrogens is 220 g/mol. The van der Waals surface area contributed by atoms with E-state index in [0.29, 0.717) is 18.5 Å². The van der Waals surface area contributed by atoms with Crippen LogP contribution in [0.15, 0.2) is 0 Å². The lowest BCUT2D eigenvalue weighted by Gasteiger charge is -2.22. The quantitative estimate of drug-likeness (QED) is 0.765. The summed E-state index contributed by atoms with van der Waals surface area (Å²) in [5, 5.41) is 6.55. The maximum absolute atomic E-state index is 11.8. The highest BCUT2D eigenvalue weighted by molar-refractivity contribution is 7.99. The number of carbonyl (C=O) groups excluding carboxylic acids is 1. The van der Waals surface area contributed by atoms with Crippen LogP contribution in [0.3, 0.4) is 0 Å². The molecule has 1 heterocycles. The maximum atomic E-state index is 11.8. The van der Waals surface area contributed by atoms with Crippen LogP contribution in [0.4, 0.5) is 0 Å². The third kappa shape index (κ3) is 3.67. The Hall–Kier alpha value is -0.220. The average molecular weight is 242 g/mol. The van der Waals surface area contributed by atoms with Gasteiger partial charge in [-0.3, -0.25) is 4.79 Å². The molecule has 0 aromatic carbocycles. The molecule has 2 rings (SSSR count). The monoisotopic (exact) mass is 242 g/mol. The Kier molecular flexibility index (Phi) is 4.53.